The molecule has 0 atom stereocenters. The average Bonchev–Trinajstić information content (AvgIpc) is 1.81. The fraction of sp³-hybridized carbons (Fsp3) is 0.714. The molecule has 1 aliphatic heterocycles. The number of ether oxygens (including phenoxy) is 1. The largest absolute Gasteiger partial charge is 0.501 e. The molecule has 0 aliphatic carbocycles. The minimum Gasteiger partial charge on any atom is -0.501 e. The molecule has 0 N–H and O–H groups in total. The summed E-state index contributed by atoms with van der Waals surface area (Å²) in [6.07, 6.45) is 1.44. The highest BCUT2D eigenvalue weighted by Gasteiger charge is 2.38. The van der Waals surface area contributed by atoms with E-state index in [-0.39, 0.29) is 5.41 Å². The molecule has 0 unspecified atom stereocenters. The third kappa shape index (κ3) is 1.59. The van der Waals surface area contributed by atoms with E-state index in [2.05, 4.69) is 13.5 Å². The van der Waals surface area contributed by atoms with Crippen molar-refractivity contribution in [1.29, 1.82) is 0 Å². The number of hydrogen-bond donors (Lipinski definition) is 0. The first-order chi connectivity index (χ1) is 4.66. The van der Waals surface area contributed by atoms with Crippen LogP contribution in [-0.4, -0.2) is 22.3 Å². The molecule has 0 spiro atoms. The lowest BCUT2D eigenvalue weighted by molar-refractivity contribution is 0.148. The Morgan fingerprint density at radius 2 is 2.40 bits per heavy atom. The zero-order valence-electron chi connectivity index (χ0n) is 6.13. The van der Waals surface area contributed by atoms with Gasteiger partial charge < -0.3 is 4.74 Å². The highest BCUT2D eigenvalue weighted by Crippen LogP contribution is 2.29. The molecule has 0 radical (unpaired) electrons. The van der Waals surface area contributed by atoms with E-state index in [1.807, 2.05) is 0 Å². The molecule has 3 heteroatoms. The van der Waals surface area contributed by atoms with Crippen molar-refractivity contribution >= 4 is 10.8 Å². The summed E-state index contributed by atoms with van der Waals surface area (Å²) in [5, 5.41) is 0. The predicted molar refractivity (Wildman–Crippen MR) is 42.1 cm³/mol. The van der Waals surface area contributed by atoms with Crippen molar-refractivity contribution in [3.63, 3.8) is 0 Å². The second kappa shape index (κ2) is 2.74. The minimum absolute atomic E-state index is 0.152. The minimum atomic E-state index is -0.579. The molecule has 0 aromatic carbocycles. The molecule has 10 heavy (non-hydrogen) atoms. The third-order valence-electron chi connectivity index (χ3n) is 1.57. The lowest BCUT2D eigenvalue weighted by atomic mass is 9.97. The molecule has 58 valence electrons. The molecular formula is C7H12O2S. The standard InChI is InChI=1S/C7H12O2S/c1-3-9-4-7(2)5-10(8)6-7/h3H,1,4-6H2,2H3. The van der Waals surface area contributed by atoms with Gasteiger partial charge in [0.15, 0.2) is 0 Å². The monoisotopic (exact) mass is 160 g/mol. The summed E-state index contributed by atoms with van der Waals surface area (Å²) in [6.45, 7) is 6.18. The van der Waals surface area contributed by atoms with Gasteiger partial charge in [0.25, 0.3) is 0 Å². The van der Waals surface area contributed by atoms with Crippen LogP contribution in [0.15, 0.2) is 12.8 Å². The fourth-order valence-electron chi connectivity index (χ4n) is 1.08. The summed E-state index contributed by atoms with van der Waals surface area (Å²) in [5.74, 6) is 1.56. The van der Waals surface area contributed by atoms with Gasteiger partial charge >= 0.3 is 0 Å². The van der Waals surface area contributed by atoms with E-state index in [1.54, 1.807) is 0 Å². The van der Waals surface area contributed by atoms with Crippen LogP contribution in [-0.2, 0) is 15.5 Å². The van der Waals surface area contributed by atoms with Gasteiger partial charge in [-0.25, -0.2) is 0 Å². The fourth-order valence-corrected chi connectivity index (χ4v) is 2.72. The average molecular weight is 160 g/mol. The Labute approximate surface area is 63.7 Å². The second-order valence-corrected chi connectivity index (χ2v) is 4.47. The first-order valence-corrected chi connectivity index (χ1v) is 4.73. The SMILES string of the molecule is C=COCC1(C)CS(=O)C1. The van der Waals surface area contributed by atoms with Gasteiger partial charge in [0.1, 0.15) is 0 Å². The van der Waals surface area contributed by atoms with Crippen LogP contribution in [0.25, 0.3) is 0 Å². The van der Waals surface area contributed by atoms with Crippen molar-refractivity contribution in [3.8, 4) is 0 Å². The summed E-state index contributed by atoms with van der Waals surface area (Å²) >= 11 is 0. The topological polar surface area (TPSA) is 26.3 Å². The van der Waals surface area contributed by atoms with Gasteiger partial charge in [-0.3, -0.25) is 4.21 Å². The Bertz CT molecular complexity index is 157. The number of rotatable bonds is 3. The molecule has 1 fully saturated rings. The Morgan fingerprint density at radius 1 is 1.80 bits per heavy atom. The van der Waals surface area contributed by atoms with Gasteiger partial charge in [0.2, 0.25) is 0 Å². The van der Waals surface area contributed by atoms with Gasteiger partial charge in [0, 0.05) is 27.7 Å². The molecule has 1 saturated heterocycles. The van der Waals surface area contributed by atoms with Gasteiger partial charge in [-0.05, 0) is 0 Å². The van der Waals surface area contributed by atoms with Gasteiger partial charge in [-0.1, -0.05) is 13.5 Å². The van der Waals surface area contributed by atoms with E-state index >= 15 is 0 Å². The summed E-state index contributed by atoms with van der Waals surface area (Å²) < 4.78 is 15.7. The highest BCUT2D eigenvalue weighted by atomic mass is 32.2. The van der Waals surface area contributed by atoms with Gasteiger partial charge in [-0.2, -0.15) is 0 Å². The van der Waals surface area contributed by atoms with E-state index in [0.717, 1.165) is 11.5 Å². The third-order valence-corrected chi connectivity index (χ3v) is 3.61. The Hall–Kier alpha value is -0.310. The summed E-state index contributed by atoms with van der Waals surface area (Å²) in [4.78, 5) is 0. The maximum Gasteiger partial charge on any atom is 0.0944 e. The smallest absolute Gasteiger partial charge is 0.0944 e. The predicted octanol–water partition coefficient (Wildman–Crippen LogP) is 0.915. The lowest BCUT2D eigenvalue weighted by Crippen LogP contribution is -2.45. The molecule has 0 bridgehead atoms. The summed E-state index contributed by atoms with van der Waals surface area (Å²) in [5.41, 5.74) is 0.152. The summed E-state index contributed by atoms with van der Waals surface area (Å²) in [6, 6.07) is 0. The van der Waals surface area contributed by atoms with Crippen LogP contribution in [0.1, 0.15) is 6.92 Å². The van der Waals surface area contributed by atoms with Crippen molar-refractivity contribution in [3.05, 3.63) is 12.8 Å². The lowest BCUT2D eigenvalue weighted by Gasteiger charge is -2.36. The molecule has 0 aromatic heterocycles. The van der Waals surface area contributed by atoms with Crippen LogP contribution >= 0.6 is 0 Å². The number of hydrogen-bond acceptors (Lipinski definition) is 2. The van der Waals surface area contributed by atoms with Crippen molar-refractivity contribution in [1.82, 2.24) is 0 Å². The van der Waals surface area contributed by atoms with Gasteiger partial charge in [0.05, 0.1) is 12.9 Å². The molecular weight excluding hydrogens is 148 g/mol. The van der Waals surface area contributed by atoms with E-state index in [1.165, 1.54) is 6.26 Å². The second-order valence-electron chi connectivity index (χ2n) is 3.02. The first-order valence-electron chi connectivity index (χ1n) is 3.24. The zero-order valence-corrected chi connectivity index (χ0v) is 6.95. The van der Waals surface area contributed by atoms with Crippen LogP contribution in [0.2, 0.25) is 0 Å². The maximum atomic E-state index is 10.7. The van der Waals surface area contributed by atoms with Crippen molar-refractivity contribution in [2.45, 2.75) is 6.92 Å². The Morgan fingerprint density at radius 3 is 2.80 bits per heavy atom. The summed E-state index contributed by atoms with van der Waals surface area (Å²) in [7, 11) is -0.579. The quantitative estimate of drug-likeness (QED) is 0.574. The highest BCUT2D eigenvalue weighted by molar-refractivity contribution is 7.86. The van der Waals surface area contributed by atoms with Crippen LogP contribution in [0.4, 0.5) is 0 Å². The Balaban J connectivity index is 2.27. The van der Waals surface area contributed by atoms with Crippen LogP contribution in [0.3, 0.4) is 0 Å². The molecule has 1 rings (SSSR count). The molecule has 1 aliphatic rings. The van der Waals surface area contributed by atoms with E-state index < -0.39 is 10.8 Å². The first kappa shape index (κ1) is 7.79. The molecule has 0 amide bonds. The van der Waals surface area contributed by atoms with E-state index in [0.29, 0.717) is 6.61 Å². The molecule has 0 saturated carbocycles. The van der Waals surface area contributed by atoms with Crippen LogP contribution in [0, 0.1) is 5.41 Å². The van der Waals surface area contributed by atoms with Crippen molar-refractivity contribution in [2.75, 3.05) is 18.1 Å². The van der Waals surface area contributed by atoms with E-state index in [9.17, 15) is 4.21 Å². The molecule has 0 aromatic rings. The van der Waals surface area contributed by atoms with Crippen molar-refractivity contribution in [2.24, 2.45) is 5.41 Å². The zero-order chi connectivity index (χ0) is 7.61. The normalized spacial score (nSPS) is 38.3. The Kier molecular flexibility index (Phi) is 2.14. The molecule has 1 heterocycles. The van der Waals surface area contributed by atoms with Gasteiger partial charge in [-0.15, -0.1) is 0 Å². The maximum absolute atomic E-state index is 10.7. The van der Waals surface area contributed by atoms with Crippen LogP contribution in [0.5, 0.6) is 0 Å². The van der Waals surface area contributed by atoms with Crippen LogP contribution < -0.4 is 0 Å². The van der Waals surface area contributed by atoms with Crippen molar-refractivity contribution < 1.29 is 8.95 Å². The van der Waals surface area contributed by atoms with E-state index in [4.69, 9.17) is 4.74 Å². The molecule has 2 nitrogen and oxygen atoms in total.